The molecular formula is C11H8N4O3. The summed E-state index contributed by atoms with van der Waals surface area (Å²) in [5, 5.41) is 18.3. The van der Waals surface area contributed by atoms with Crippen LogP contribution >= 0.6 is 0 Å². The smallest absolute Gasteiger partial charge is 0.337 e. The maximum Gasteiger partial charge on any atom is 0.337 e. The number of amides is 1. The number of anilines is 1. The van der Waals surface area contributed by atoms with E-state index in [0.717, 1.165) is 0 Å². The second-order valence-electron chi connectivity index (χ2n) is 3.32. The Morgan fingerprint density at radius 3 is 2.44 bits per heavy atom. The van der Waals surface area contributed by atoms with Gasteiger partial charge in [0.25, 0.3) is 5.91 Å². The van der Waals surface area contributed by atoms with E-state index >= 15 is 0 Å². The first-order valence-corrected chi connectivity index (χ1v) is 4.94. The molecule has 2 rings (SSSR count). The molecule has 0 fully saturated rings. The Kier molecular flexibility index (Phi) is 3.24. The summed E-state index contributed by atoms with van der Waals surface area (Å²) in [6, 6.07) is 4.28. The van der Waals surface area contributed by atoms with E-state index in [1.165, 1.54) is 36.8 Å². The molecule has 7 heteroatoms. The predicted octanol–water partition coefficient (Wildman–Crippen LogP) is 0.822. The van der Waals surface area contributed by atoms with Crippen LogP contribution in [0.1, 0.15) is 20.7 Å². The molecule has 0 unspecified atom stereocenters. The van der Waals surface area contributed by atoms with Crippen molar-refractivity contribution in [2.24, 2.45) is 0 Å². The normalized spacial score (nSPS) is 9.78. The molecule has 1 amide bonds. The Labute approximate surface area is 102 Å². The molecule has 90 valence electrons. The van der Waals surface area contributed by atoms with Crippen LogP contribution in [0.5, 0.6) is 0 Å². The van der Waals surface area contributed by atoms with Crippen LogP contribution in [0.2, 0.25) is 0 Å². The molecule has 0 aliphatic rings. The first-order valence-electron chi connectivity index (χ1n) is 4.94. The molecule has 0 aliphatic carbocycles. The SMILES string of the molecule is O=C(O)c1ccc(NC(=O)c2ccnnc2)nc1. The number of carboxylic acid groups (broad SMARTS) is 1. The lowest BCUT2D eigenvalue weighted by Crippen LogP contribution is -2.13. The lowest BCUT2D eigenvalue weighted by molar-refractivity contribution is 0.0696. The minimum Gasteiger partial charge on any atom is -0.478 e. The van der Waals surface area contributed by atoms with Crippen molar-refractivity contribution < 1.29 is 14.7 Å². The summed E-state index contributed by atoms with van der Waals surface area (Å²) in [7, 11) is 0. The number of aromatic carboxylic acids is 1. The van der Waals surface area contributed by atoms with Gasteiger partial charge in [-0.25, -0.2) is 9.78 Å². The van der Waals surface area contributed by atoms with Crippen molar-refractivity contribution in [3.8, 4) is 0 Å². The molecule has 0 spiro atoms. The molecule has 0 saturated carbocycles. The zero-order chi connectivity index (χ0) is 13.0. The van der Waals surface area contributed by atoms with Crippen molar-refractivity contribution in [2.75, 3.05) is 5.32 Å². The number of carbonyl (C=O) groups is 2. The summed E-state index contributed by atoms with van der Waals surface area (Å²) in [5.74, 6) is -1.19. The Bertz CT molecular complexity index is 569. The topological polar surface area (TPSA) is 105 Å². The fourth-order valence-electron chi connectivity index (χ4n) is 1.21. The molecule has 2 N–H and O–H groups in total. The van der Waals surface area contributed by atoms with Crippen LogP contribution < -0.4 is 5.32 Å². The summed E-state index contributed by atoms with van der Waals surface area (Å²) in [5.41, 5.74) is 0.396. The first-order chi connectivity index (χ1) is 8.66. The summed E-state index contributed by atoms with van der Waals surface area (Å²) in [6.07, 6.45) is 3.89. The van der Waals surface area contributed by atoms with E-state index in [-0.39, 0.29) is 17.3 Å². The number of hydrogen-bond acceptors (Lipinski definition) is 5. The Hall–Kier alpha value is -2.83. The molecule has 0 aromatic carbocycles. The molecule has 0 saturated heterocycles. The molecular weight excluding hydrogens is 236 g/mol. The highest BCUT2D eigenvalue weighted by atomic mass is 16.4. The Balaban J connectivity index is 2.10. The van der Waals surface area contributed by atoms with Crippen LogP contribution in [0.4, 0.5) is 5.82 Å². The quantitative estimate of drug-likeness (QED) is 0.828. The number of rotatable bonds is 3. The monoisotopic (exact) mass is 244 g/mol. The molecule has 2 aromatic heterocycles. The number of hydrogen-bond donors (Lipinski definition) is 2. The number of aromatic nitrogens is 3. The van der Waals surface area contributed by atoms with Crippen molar-refractivity contribution in [3.05, 3.63) is 47.9 Å². The molecule has 7 nitrogen and oxygen atoms in total. The van der Waals surface area contributed by atoms with Crippen molar-refractivity contribution in [3.63, 3.8) is 0 Å². The minimum atomic E-state index is -1.07. The summed E-state index contributed by atoms with van der Waals surface area (Å²) in [6.45, 7) is 0. The van der Waals surface area contributed by atoms with E-state index in [1.807, 2.05) is 0 Å². The average molecular weight is 244 g/mol. The largest absolute Gasteiger partial charge is 0.478 e. The van der Waals surface area contributed by atoms with Gasteiger partial charge in [-0.2, -0.15) is 10.2 Å². The molecule has 0 radical (unpaired) electrons. The zero-order valence-corrected chi connectivity index (χ0v) is 9.07. The van der Waals surface area contributed by atoms with Crippen molar-refractivity contribution in [1.29, 1.82) is 0 Å². The summed E-state index contributed by atoms with van der Waals surface area (Å²) < 4.78 is 0. The van der Waals surface area contributed by atoms with E-state index < -0.39 is 5.97 Å². The third-order valence-electron chi connectivity index (χ3n) is 2.10. The van der Waals surface area contributed by atoms with Crippen LogP contribution in [-0.2, 0) is 0 Å². The van der Waals surface area contributed by atoms with Gasteiger partial charge in [-0.15, -0.1) is 0 Å². The third-order valence-corrected chi connectivity index (χ3v) is 2.10. The van der Waals surface area contributed by atoms with E-state index in [1.54, 1.807) is 0 Å². The summed E-state index contributed by atoms with van der Waals surface area (Å²) >= 11 is 0. The van der Waals surface area contributed by atoms with E-state index in [4.69, 9.17) is 5.11 Å². The molecule has 18 heavy (non-hydrogen) atoms. The highest BCUT2D eigenvalue weighted by molar-refractivity contribution is 6.03. The minimum absolute atomic E-state index is 0.0542. The van der Waals surface area contributed by atoms with Gasteiger partial charge in [0.05, 0.1) is 23.5 Å². The van der Waals surface area contributed by atoms with Gasteiger partial charge < -0.3 is 10.4 Å². The van der Waals surface area contributed by atoms with Crippen molar-refractivity contribution in [2.45, 2.75) is 0 Å². The van der Waals surface area contributed by atoms with Gasteiger partial charge in [0.1, 0.15) is 5.82 Å². The highest BCUT2D eigenvalue weighted by Gasteiger charge is 2.08. The van der Waals surface area contributed by atoms with Crippen molar-refractivity contribution >= 4 is 17.7 Å². The van der Waals surface area contributed by atoms with Gasteiger partial charge in [0.15, 0.2) is 0 Å². The van der Waals surface area contributed by atoms with E-state index in [9.17, 15) is 9.59 Å². The molecule has 0 bridgehead atoms. The van der Waals surface area contributed by atoms with Gasteiger partial charge in [0.2, 0.25) is 0 Å². The fourth-order valence-corrected chi connectivity index (χ4v) is 1.21. The number of carboxylic acids is 1. The highest BCUT2D eigenvalue weighted by Crippen LogP contribution is 2.07. The van der Waals surface area contributed by atoms with E-state index in [2.05, 4.69) is 20.5 Å². The number of pyridine rings is 1. The van der Waals surface area contributed by atoms with Crippen LogP contribution in [0, 0.1) is 0 Å². The number of nitrogens with one attached hydrogen (secondary N) is 1. The molecule has 2 heterocycles. The lowest BCUT2D eigenvalue weighted by atomic mass is 10.2. The van der Waals surface area contributed by atoms with Crippen LogP contribution in [0.15, 0.2) is 36.8 Å². The molecule has 0 atom stereocenters. The van der Waals surface area contributed by atoms with E-state index in [0.29, 0.717) is 5.56 Å². The van der Waals surface area contributed by atoms with Crippen LogP contribution in [0.3, 0.4) is 0 Å². The van der Waals surface area contributed by atoms with Gasteiger partial charge in [0, 0.05) is 6.20 Å². The zero-order valence-electron chi connectivity index (χ0n) is 9.07. The number of nitrogens with zero attached hydrogens (tertiary/aromatic N) is 3. The summed E-state index contributed by atoms with van der Waals surface area (Å²) in [4.78, 5) is 26.1. The number of carbonyl (C=O) groups excluding carboxylic acids is 1. The third kappa shape index (κ3) is 2.64. The lowest BCUT2D eigenvalue weighted by Gasteiger charge is -2.03. The van der Waals surface area contributed by atoms with Gasteiger partial charge in [-0.1, -0.05) is 0 Å². The van der Waals surface area contributed by atoms with Crippen LogP contribution in [-0.4, -0.2) is 32.2 Å². The maximum atomic E-state index is 11.7. The van der Waals surface area contributed by atoms with Gasteiger partial charge in [-0.3, -0.25) is 4.79 Å². The van der Waals surface area contributed by atoms with Gasteiger partial charge >= 0.3 is 5.97 Å². The first kappa shape index (κ1) is 11.6. The molecule has 0 aliphatic heterocycles. The fraction of sp³-hybridized carbons (Fsp3) is 0. The van der Waals surface area contributed by atoms with Crippen LogP contribution in [0.25, 0.3) is 0 Å². The average Bonchev–Trinajstić information content (AvgIpc) is 2.40. The maximum absolute atomic E-state index is 11.7. The second-order valence-corrected chi connectivity index (χ2v) is 3.32. The van der Waals surface area contributed by atoms with Gasteiger partial charge in [-0.05, 0) is 18.2 Å². The standard InChI is InChI=1S/C11H8N4O3/c16-10(7-3-4-13-14-6-7)15-9-2-1-8(5-12-9)11(17)18/h1-6H,(H,17,18)(H,12,15,16). The van der Waals surface area contributed by atoms with Crippen molar-refractivity contribution in [1.82, 2.24) is 15.2 Å². The predicted molar refractivity (Wildman–Crippen MR) is 61.2 cm³/mol. The second kappa shape index (κ2) is 5.00. The Morgan fingerprint density at radius 1 is 1.06 bits per heavy atom. The Morgan fingerprint density at radius 2 is 1.89 bits per heavy atom. The molecule has 2 aromatic rings.